The van der Waals surface area contributed by atoms with Crippen LogP contribution in [0.4, 0.5) is 5.13 Å². The van der Waals surface area contributed by atoms with E-state index in [-0.39, 0.29) is 17.9 Å². The molecule has 1 N–H and O–H groups in total. The van der Waals surface area contributed by atoms with E-state index in [0.717, 1.165) is 55.6 Å². The van der Waals surface area contributed by atoms with Gasteiger partial charge in [-0.25, -0.2) is 4.98 Å². The summed E-state index contributed by atoms with van der Waals surface area (Å²) in [6.45, 7) is 5.29. The summed E-state index contributed by atoms with van der Waals surface area (Å²) in [7, 11) is 0. The van der Waals surface area contributed by atoms with Gasteiger partial charge in [0.05, 0.1) is 4.88 Å². The smallest absolute Gasteiger partial charge is 0.270 e. The molecule has 1 unspecified atom stereocenters. The highest BCUT2D eigenvalue weighted by Gasteiger charge is 2.25. The van der Waals surface area contributed by atoms with Gasteiger partial charge in [0.15, 0.2) is 10.9 Å². The third kappa shape index (κ3) is 5.69. The number of nitrogens with zero attached hydrogens (tertiary/aromatic N) is 3. The highest BCUT2D eigenvalue weighted by Crippen LogP contribution is 2.32. The second kappa shape index (κ2) is 11.4. The van der Waals surface area contributed by atoms with Crippen LogP contribution in [0.5, 0.6) is 0 Å². The standard InChI is InChI=1S/C27H30N4O3S2/c1-2-7-25(32)28-20-11-14-30(17-20)12-6-13-31(26(33)24-10-5-15-35-24)27-29-21(18-36-27)23-16-19-8-3-4-9-22(19)34-23/h3-5,8-10,15-16,18,20H,2,6-7,11-14,17H2,1H3,(H,28,32). The molecule has 1 fully saturated rings. The van der Waals surface area contributed by atoms with E-state index in [1.165, 1.54) is 22.7 Å². The molecule has 0 aliphatic carbocycles. The predicted molar refractivity (Wildman–Crippen MR) is 146 cm³/mol. The van der Waals surface area contributed by atoms with Gasteiger partial charge in [-0.3, -0.25) is 14.5 Å². The van der Waals surface area contributed by atoms with Crippen molar-refractivity contribution in [3.8, 4) is 11.5 Å². The molecule has 3 aromatic heterocycles. The van der Waals surface area contributed by atoms with Gasteiger partial charge in [0.1, 0.15) is 11.3 Å². The van der Waals surface area contributed by atoms with Crippen molar-refractivity contribution in [2.75, 3.05) is 31.1 Å². The van der Waals surface area contributed by atoms with Crippen molar-refractivity contribution in [1.82, 2.24) is 15.2 Å². The number of aromatic nitrogens is 1. The maximum absolute atomic E-state index is 13.4. The largest absolute Gasteiger partial charge is 0.454 e. The quantitative estimate of drug-likeness (QED) is 0.291. The number of fused-ring (bicyclic) bond motifs is 1. The number of likely N-dealkylation sites (tertiary alicyclic amines) is 1. The molecule has 0 spiro atoms. The summed E-state index contributed by atoms with van der Waals surface area (Å²) < 4.78 is 5.99. The highest BCUT2D eigenvalue weighted by molar-refractivity contribution is 7.14. The number of carbonyl (C=O) groups is 2. The first-order valence-corrected chi connectivity index (χ1v) is 14.2. The van der Waals surface area contributed by atoms with E-state index in [2.05, 4.69) is 10.2 Å². The Morgan fingerprint density at radius 2 is 2.11 bits per heavy atom. The number of hydrogen-bond acceptors (Lipinski definition) is 7. The molecular weight excluding hydrogens is 492 g/mol. The summed E-state index contributed by atoms with van der Waals surface area (Å²) in [4.78, 5) is 35.0. The number of furan rings is 1. The Hall–Kier alpha value is -3.01. The zero-order valence-corrected chi connectivity index (χ0v) is 21.9. The fourth-order valence-corrected chi connectivity index (χ4v) is 6.07. The van der Waals surface area contributed by atoms with E-state index >= 15 is 0 Å². The summed E-state index contributed by atoms with van der Waals surface area (Å²) >= 11 is 2.91. The van der Waals surface area contributed by atoms with Gasteiger partial charge in [-0.05, 0) is 49.4 Å². The molecule has 0 bridgehead atoms. The number of thiophene rings is 1. The summed E-state index contributed by atoms with van der Waals surface area (Å²) in [5.41, 5.74) is 1.56. The lowest BCUT2D eigenvalue weighted by Gasteiger charge is -2.22. The molecule has 0 saturated carbocycles. The van der Waals surface area contributed by atoms with Crippen molar-refractivity contribution in [2.24, 2.45) is 0 Å². The van der Waals surface area contributed by atoms with Crippen LogP contribution in [0.3, 0.4) is 0 Å². The minimum absolute atomic E-state index is 0.0263. The average molecular weight is 523 g/mol. The Labute approximate surface area is 218 Å². The molecule has 36 heavy (non-hydrogen) atoms. The number of amides is 2. The van der Waals surface area contributed by atoms with Crippen molar-refractivity contribution in [3.63, 3.8) is 0 Å². The van der Waals surface area contributed by atoms with Crippen LogP contribution in [0.15, 0.2) is 57.6 Å². The molecule has 4 aromatic rings. The van der Waals surface area contributed by atoms with Gasteiger partial charge in [0.2, 0.25) is 5.91 Å². The number of nitrogens with one attached hydrogen (secondary N) is 1. The zero-order chi connectivity index (χ0) is 24.9. The second-order valence-electron chi connectivity index (χ2n) is 9.06. The first-order valence-electron chi connectivity index (χ1n) is 12.4. The second-order valence-corrected chi connectivity index (χ2v) is 10.8. The monoisotopic (exact) mass is 522 g/mol. The van der Waals surface area contributed by atoms with Gasteiger partial charge < -0.3 is 14.6 Å². The molecule has 4 heterocycles. The van der Waals surface area contributed by atoms with E-state index in [1.807, 2.05) is 60.1 Å². The molecule has 5 rings (SSSR count). The molecular formula is C27H30N4O3S2. The third-order valence-electron chi connectivity index (χ3n) is 6.35. The van der Waals surface area contributed by atoms with Crippen molar-refractivity contribution >= 4 is 50.6 Å². The third-order valence-corrected chi connectivity index (χ3v) is 8.07. The van der Waals surface area contributed by atoms with Crippen LogP contribution in [0.2, 0.25) is 0 Å². The minimum atomic E-state index is -0.0263. The Morgan fingerprint density at radius 3 is 2.92 bits per heavy atom. The Morgan fingerprint density at radius 1 is 1.22 bits per heavy atom. The van der Waals surface area contributed by atoms with E-state index in [4.69, 9.17) is 9.40 Å². The maximum atomic E-state index is 13.4. The molecule has 1 saturated heterocycles. The fourth-order valence-electron chi connectivity index (χ4n) is 4.56. The highest BCUT2D eigenvalue weighted by atomic mass is 32.1. The lowest BCUT2D eigenvalue weighted by Crippen LogP contribution is -2.37. The van der Waals surface area contributed by atoms with Crippen LogP contribution in [0.25, 0.3) is 22.4 Å². The molecule has 1 aromatic carbocycles. The summed E-state index contributed by atoms with van der Waals surface area (Å²) in [6.07, 6.45) is 3.25. The number of rotatable bonds is 10. The first-order chi connectivity index (χ1) is 17.6. The number of thiazole rings is 1. The first kappa shape index (κ1) is 24.7. The Balaban J connectivity index is 1.25. The van der Waals surface area contributed by atoms with Gasteiger partial charge in [-0.15, -0.1) is 22.7 Å². The average Bonchev–Trinajstić information content (AvgIpc) is 3.67. The lowest BCUT2D eigenvalue weighted by atomic mass is 10.2. The molecule has 1 aliphatic rings. The summed E-state index contributed by atoms with van der Waals surface area (Å²) in [6, 6.07) is 13.9. The van der Waals surface area contributed by atoms with E-state index in [0.29, 0.717) is 28.7 Å². The van der Waals surface area contributed by atoms with Crippen molar-refractivity contribution < 1.29 is 14.0 Å². The number of hydrogen-bond donors (Lipinski definition) is 1. The van der Waals surface area contributed by atoms with E-state index in [9.17, 15) is 9.59 Å². The van der Waals surface area contributed by atoms with Gasteiger partial charge in [-0.2, -0.15) is 0 Å². The van der Waals surface area contributed by atoms with Crippen LogP contribution in [-0.4, -0.2) is 53.9 Å². The van der Waals surface area contributed by atoms with Crippen LogP contribution >= 0.6 is 22.7 Å². The fraction of sp³-hybridized carbons (Fsp3) is 0.370. The van der Waals surface area contributed by atoms with Gasteiger partial charge in [0.25, 0.3) is 5.91 Å². The Kier molecular flexibility index (Phi) is 7.79. The normalized spacial score (nSPS) is 16.0. The number of para-hydroxylation sites is 1. The van der Waals surface area contributed by atoms with Crippen LogP contribution in [0, 0.1) is 0 Å². The zero-order valence-electron chi connectivity index (χ0n) is 20.3. The molecule has 0 radical (unpaired) electrons. The molecule has 1 aliphatic heterocycles. The van der Waals surface area contributed by atoms with Gasteiger partial charge >= 0.3 is 0 Å². The molecule has 7 nitrogen and oxygen atoms in total. The summed E-state index contributed by atoms with van der Waals surface area (Å²) in [5, 5.41) is 8.72. The molecule has 2 amide bonds. The molecule has 188 valence electrons. The minimum Gasteiger partial charge on any atom is -0.454 e. The summed E-state index contributed by atoms with van der Waals surface area (Å²) in [5.74, 6) is 0.818. The van der Waals surface area contributed by atoms with Gasteiger partial charge in [0, 0.05) is 42.9 Å². The maximum Gasteiger partial charge on any atom is 0.270 e. The van der Waals surface area contributed by atoms with E-state index in [1.54, 1.807) is 4.90 Å². The Bertz CT molecular complexity index is 1280. The lowest BCUT2D eigenvalue weighted by molar-refractivity contribution is -0.121. The number of anilines is 1. The number of benzene rings is 1. The van der Waals surface area contributed by atoms with Crippen molar-refractivity contribution in [3.05, 3.63) is 58.1 Å². The van der Waals surface area contributed by atoms with Gasteiger partial charge in [-0.1, -0.05) is 31.2 Å². The number of carbonyl (C=O) groups excluding carboxylic acids is 2. The van der Waals surface area contributed by atoms with E-state index < -0.39 is 0 Å². The molecule has 1 atom stereocenters. The van der Waals surface area contributed by atoms with Crippen molar-refractivity contribution in [2.45, 2.75) is 38.6 Å². The molecule has 9 heteroatoms. The van der Waals surface area contributed by atoms with Crippen LogP contribution in [0.1, 0.15) is 42.3 Å². The van der Waals surface area contributed by atoms with Crippen LogP contribution < -0.4 is 10.2 Å². The topological polar surface area (TPSA) is 78.7 Å². The van der Waals surface area contributed by atoms with Crippen LogP contribution in [-0.2, 0) is 4.79 Å². The van der Waals surface area contributed by atoms with Crippen molar-refractivity contribution in [1.29, 1.82) is 0 Å². The predicted octanol–water partition coefficient (Wildman–Crippen LogP) is 5.65. The SMILES string of the molecule is CCCC(=O)NC1CCN(CCCN(C(=O)c2cccs2)c2nc(-c3cc4ccccc4o3)cs2)C1.